The van der Waals surface area contributed by atoms with Gasteiger partial charge in [-0.2, -0.15) is 0 Å². The highest BCUT2D eigenvalue weighted by Gasteiger charge is 2.05. The van der Waals surface area contributed by atoms with Gasteiger partial charge < -0.3 is 10.5 Å². The van der Waals surface area contributed by atoms with Crippen molar-refractivity contribution in [2.45, 2.75) is 0 Å². The molecule has 0 saturated carbocycles. The minimum atomic E-state index is -0.419. The van der Waals surface area contributed by atoms with Crippen molar-refractivity contribution in [1.82, 2.24) is 4.98 Å². The molecule has 2 aromatic rings. The molecule has 1 aromatic heterocycles. The van der Waals surface area contributed by atoms with Gasteiger partial charge in [0.25, 0.3) is 0 Å². The number of hydrogen-bond donors (Lipinski definition) is 1. The lowest BCUT2D eigenvalue weighted by molar-refractivity contribution is 0.458. The molecule has 0 atom stereocenters. The molecule has 17 heavy (non-hydrogen) atoms. The van der Waals surface area contributed by atoms with E-state index in [0.717, 1.165) is 0 Å². The number of nitrogens with zero attached hydrogens (tertiary/aromatic N) is 1. The van der Waals surface area contributed by atoms with Crippen LogP contribution in [0.2, 0.25) is 5.15 Å². The average Bonchev–Trinajstić information content (AvgIpc) is 2.22. The van der Waals surface area contributed by atoms with E-state index in [2.05, 4.69) is 20.9 Å². The Kier molecular flexibility index (Phi) is 3.49. The largest absolute Gasteiger partial charge is 0.439 e. The van der Waals surface area contributed by atoms with E-state index in [0.29, 0.717) is 15.9 Å². The number of aromatic nitrogens is 1. The number of nitrogens with two attached hydrogens (primary N) is 1. The fourth-order valence-electron chi connectivity index (χ4n) is 1.20. The molecule has 1 heterocycles. The number of ether oxygens (including phenoxy) is 1. The monoisotopic (exact) mass is 316 g/mol. The standard InChI is InChI=1S/C11H7BrClFN2O/c12-8-2-1-7(5-9(8)14)17-11-4-6(15)3-10(13)16-11/h1-5H,(H2,15,16). The van der Waals surface area contributed by atoms with Gasteiger partial charge in [0.15, 0.2) is 0 Å². The quantitative estimate of drug-likeness (QED) is 0.851. The van der Waals surface area contributed by atoms with Crippen LogP contribution in [0.1, 0.15) is 0 Å². The van der Waals surface area contributed by atoms with Gasteiger partial charge in [0.1, 0.15) is 16.7 Å². The summed E-state index contributed by atoms with van der Waals surface area (Å²) in [6, 6.07) is 7.38. The van der Waals surface area contributed by atoms with Crippen LogP contribution in [-0.4, -0.2) is 4.98 Å². The summed E-state index contributed by atoms with van der Waals surface area (Å²) >= 11 is 8.77. The summed E-state index contributed by atoms with van der Waals surface area (Å²) in [6.45, 7) is 0. The van der Waals surface area contributed by atoms with E-state index in [1.807, 2.05) is 0 Å². The molecule has 2 N–H and O–H groups in total. The Balaban J connectivity index is 2.28. The molecular formula is C11H7BrClFN2O. The number of halogens is 3. The minimum Gasteiger partial charge on any atom is -0.439 e. The average molecular weight is 318 g/mol. The van der Waals surface area contributed by atoms with E-state index in [1.54, 1.807) is 12.1 Å². The van der Waals surface area contributed by atoms with Gasteiger partial charge in [0.2, 0.25) is 5.88 Å². The van der Waals surface area contributed by atoms with Crippen molar-refractivity contribution in [3.63, 3.8) is 0 Å². The molecule has 0 aliphatic carbocycles. The SMILES string of the molecule is Nc1cc(Cl)nc(Oc2ccc(Br)c(F)c2)c1. The van der Waals surface area contributed by atoms with E-state index in [1.165, 1.54) is 18.2 Å². The number of hydrogen-bond acceptors (Lipinski definition) is 3. The highest BCUT2D eigenvalue weighted by Crippen LogP contribution is 2.26. The molecule has 0 amide bonds. The second kappa shape index (κ2) is 4.89. The fraction of sp³-hybridized carbons (Fsp3) is 0. The van der Waals surface area contributed by atoms with Crippen LogP contribution in [0.4, 0.5) is 10.1 Å². The lowest BCUT2D eigenvalue weighted by atomic mass is 10.3. The molecule has 6 heteroatoms. The van der Waals surface area contributed by atoms with E-state index in [4.69, 9.17) is 22.1 Å². The summed E-state index contributed by atoms with van der Waals surface area (Å²) in [5.74, 6) is 0.120. The molecule has 1 aromatic carbocycles. The van der Waals surface area contributed by atoms with Crippen molar-refractivity contribution in [3.05, 3.63) is 45.8 Å². The third kappa shape index (κ3) is 3.08. The Bertz CT molecular complexity index is 545. The molecule has 0 unspecified atom stereocenters. The molecule has 0 saturated heterocycles. The molecule has 3 nitrogen and oxygen atoms in total. The van der Waals surface area contributed by atoms with Gasteiger partial charge in [-0.1, -0.05) is 11.6 Å². The fourth-order valence-corrected chi connectivity index (χ4v) is 1.66. The molecule has 2 rings (SSSR count). The molecule has 0 radical (unpaired) electrons. The van der Waals surface area contributed by atoms with Crippen molar-refractivity contribution in [3.8, 4) is 11.6 Å². The van der Waals surface area contributed by atoms with Crippen LogP contribution in [0.25, 0.3) is 0 Å². The van der Waals surface area contributed by atoms with Gasteiger partial charge in [-0.05, 0) is 34.1 Å². The van der Waals surface area contributed by atoms with Gasteiger partial charge >= 0.3 is 0 Å². The van der Waals surface area contributed by atoms with Crippen LogP contribution in [-0.2, 0) is 0 Å². The van der Waals surface area contributed by atoms with Crippen molar-refractivity contribution in [2.75, 3.05) is 5.73 Å². The van der Waals surface area contributed by atoms with Gasteiger partial charge in [0, 0.05) is 17.8 Å². The van der Waals surface area contributed by atoms with E-state index in [9.17, 15) is 4.39 Å². The summed E-state index contributed by atoms with van der Waals surface area (Å²) in [6.07, 6.45) is 0. The predicted octanol–water partition coefficient (Wildman–Crippen LogP) is 4.01. The molecule has 0 fully saturated rings. The van der Waals surface area contributed by atoms with E-state index in [-0.39, 0.29) is 11.0 Å². The van der Waals surface area contributed by atoms with Gasteiger partial charge in [-0.3, -0.25) is 0 Å². The van der Waals surface area contributed by atoms with Crippen molar-refractivity contribution in [1.29, 1.82) is 0 Å². The molecular weight excluding hydrogens is 310 g/mol. The Morgan fingerprint density at radius 2 is 2.06 bits per heavy atom. The summed E-state index contributed by atoms with van der Waals surface area (Å²) in [5.41, 5.74) is 6.01. The smallest absolute Gasteiger partial charge is 0.222 e. The summed E-state index contributed by atoms with van der Waals surface area (Å²) in [7, 11) is 0. The summed E-state index contributed by atoms with van der Waals surface area (Å²) in [5, 5.41) is 0.220. The second-order valence-corrected chi connectivity index (χ2v) is 4.48. The molecule has 88 valence electrons. The lowest BCUT2D eigenvalue weighted by Gasteiger charge is -2.06. The summed E-state index contributed by atoms with van der Waals surface area (Å²) in [4.78, 5) is 3.91. The van der Waals surface area contributed by atoms with Crippen molar-refractivity contribution < 1.29 is 9.13 Å². The first-order valence-corrected chi connectivity index (χ1v) is 5.77. The second-order valence-electron chi connectivity index (χ2n) is 3.24. The zero-order valence-corrected chi connectivity index (χ0v) is 10.8. The topological polar surface area (TPSA) is 48.1 Å². The zero-order valence-electron chi connectivity index (χ0n) is 8.45. The van der Waals surface area contributed by atoms with Crippen LogP contribution >= 0.6 is 27.5 Å². The number of pyridine rings is 1. The van der Waals surface area contributed by atoms with Gasteiger partial charge in [-0.15, -0.1) is 0 Å². The third-order valence-corrected chi connectivity index (χ3v) is 2.74. The first-order chi connectivity index (χ1) is 8.04. The maximum atomic E-state index is 13.2. The van der Waals surface area contributed by atoms with Gasteiger partial charge in [0.05, 0.1) is 4.47 Å². The number of nitrogen functional groups attached to an aromatic ring is 1. The van der Waals surface area contributed by atoms with Crippen molar-refractivity contribution in [2.24, 2.45) is 0 Å². The first-order valence-electron chi connectivity index (χ1n) is 4.60. The Morgan fingerprint density at radius 3 is 2.71 bits per heavy atom. The maximum absolute atomic E-state index is 13.2. The normalized spacial score (nSPS) is 10.3. The minimum absolute atomic E-state index is 0.219. The van der Waals surface area contributed by atoms with Crippen LogP contribution in [0.15, 0.2) is 34.8 Å². The molecule has 0 spiro atoms. The maximum Gasteiger partial charge on any atom is 0.222 e. The van der Waals surface area contributed by atoms with Crippen LogP contribution in [0.5, 0.6) is 11.6 Å². The Hall–Kier alpha value is -1.33. The van der Waals surface area contributed by atoms with Gasteiger partial charge in [-0.25, -0.2) is 9.37 Å². The predicted molar refractivity (Wildman–Crippen MR) is 67.8 cm³/mol. The molecule has 0 bridgehead atoms. The number of rotatable bonds is 2. The zero-order chi connectivity index (χ0) is 12.4. The van der Waals surface area contributed by atoms with Crippen LogP contribution in [0, 0.1) is 5.82 Å². The van der Waals surface area contributed by atoms with E-state index >= 15 is 0 Å². The Labute approximate surface area is 110 Å². The third-order valence-electron chi connectivity index (χ3n) is 1.91. The number of benzene rings is 1. The first kappa shape index (κ1) is 12.1. The highest BCUT2D eigenvalue weighted by atomic mass is 79.9. The highest BCUT2D eigenvalue weighted by molar-refractivity contribution is 9.10. The van der Waals surface area contributed by atoms with Crippen molar-refractivity contribution >= 4 is 33.2 Å². The molecule has 0 aliphatic heterocycles. The number of anilines is 1. The Morgan fingerprint density at radius 1 is 1.29 bits per heavy atom. The summed E-state index contributed by atoms with van der Waals surface area (Å²) < 4.78 is 18.9. The van der Waals surface area contributed by atoms with Crippen LogP contribution in [0.3, 0.4) is 0 Å². The van der Waals surface area contributed by atoms with Crippen LogP contribution < -0.4 is 10.5 Å². The lowest BCUT2D eigenvalue weighted by Crippen LogP contribution is -1.92. The van der Waals surface area contributed by atoms with E-state index < -0.39 is 5.82 Å². The molecule has 0 aliphatic rings.